The van der Waals surface area contributed by atoms with Crippen LogP contribution in [0, 0.1) is 5.82 Å². The summed E-state index contributed by atoms with van der Waals surface area (Å²) in [4.78, 5) is 14.6. The molecule has 1 amide bonds. The smallest absolute Gasteiger partial charge is 0.275 e. The summed E-state index contributed by atoms with van der Waals surface area (Å²) in [7, 11) is 1.81. The minimum absolute atomic E-state index is 0.263. The first-order chi connectivity index (χ1) is 9.11. The number of amides is 1. The number of nitrogens with two attached hydrogens (primary N) is 1. The molecule has 1 aromatic carbocycles. The van der Waals surface area contributed by atoms with Gasteiger partial charge in [-0.1, -0.05) is 12.1 Å². The lowest BCUT2D eigenvalue weighted by molar-refractivity contribution is 0.0957. The highest BCUT2D eigenvalue weighted by molar-refractivity contribution is 7.14. The van der Waals surface area contributed by atoms with E-state index in [1.165, 1.54) is 17.4 Å². The van der Waals surface area contributed by atoms with Crippen LogP contribution in [0.4, 0.5) is 10.1 Å². The monoisotopic (exact) mass is 279 g/mol. The maximum atomic E-state index is 13.6. The molecular weight excluding hydrogens is 265 g/mol. The normalized spacial score (nSPS) is 10.3. The van der Waals surface area contributed by atoms with Crippen LogP contribution in [0.25, 0.3) is 0 Å². The Morgan fingerprint density at radius 3 is 2.79 bits per heavy atom. The average molecular weight is 279 g/mol. The summed E-state index contributed by atoms with van der Waals surface area (Å²) in [6.45, 7) is 0.531. The number of hydrogen-bond acceptors (Lipinski definition) is 4. The van der Waals surface area contributed by atoms with E-state index in [-0.39, 0.29) is 11.7 Å². The van der Waals surface area contributed by atoms with E-state index in [0.29, 0.717) is 17.1 Å². The Balaban J connectivity index is 2.11. The van der Waals surface area contributed by atoms with Crippen molar-refractivity contribution in [2.75, 3.05) is 11.9 Å². The van der Waals surface area contributed by atoms with Crippen LogP contribution in [-0.2, 0) is 6.54 Å². The van der Waals surface area contributed by atoms with E-state index >= 15 is 0 Å². The maximum absolute atomic E-state index is 13.6. The Morgan fingerprint density at radius 1 is 1.37 bits per heavy atom. The zero-order chi connectivity index (χ0) is 13.8. The third kappa shape index (κ3) is 3.10. The Bertz CT molecular complexity index is 585. The lowest BCUT2D eigenvalue weighted by atomic mass is 10.3. The number of anilines is 1. The van der Waals surface area contributed by atoms with Gasteiger partial charge in [0.05, 0.1) is 17.1 Å². The number of nitrogens with zero attached hydrogens (tertiary/aromatic N) is 1. The van der Waals surface area contributed by atoms with Gasteiger partial charge in [-0.05, 0) is 24.3 Å². The molecule has 1 aromatic heterocycles. The number of carbonyl (C=O) groups excluding carboxylic acids is 1. The van der Waals surface area contributed by atoms with Crippen LogP contribution in [0.3, 0.4) is 0 Å². The number of hydrogen-bond donors (Lipinski definition) is 2. The third-order valence-electron chi connectivity index (χ3n) is 2.67. The molecular formula is C13H14FN3OS. The van der Waals surface area contributed by atoms with Crippen molar-refractivity contribution in [2.24, 2.45) is 5.84 Å². The van der Waals surface area contributed by atoms with E-state index in [2.05, 4.69) is 5.43 Å². The summed E-state index contributed by atoms with van der Waals surface area (Å²) >= 11 is 1.34. The third-order valence-corrected chi connectivity index (χ3v) is 3.74. The molecule has 1 heterocycles. The molecule has 0 saturated carbocycles. The topological polar surface area (TPSA) is 58.4 Å². The first kappa shape index (κ1) is 13.5. The van der Waals surface area contributed by atoms with Crippen LogP contribution in [0.15, 0.2) is 36.4 Å². The molecule has 0 bridgehead atoms. The van der Waals surface area contributed by atoms with E-state index in [1.54, 1.807) is 36.2 Å². The number of nitrogen functional groups attached to an aromatic ring is 1. The predicted molar refractivity (Wildman–Crippen MR) is 74.5 cm³/mol. The summed E-state index contributed by atoms with van der Waals surface area (Å²) in [5.41, 5.74) is 2.62. The molecule has 0 aliphatic rings. The molecule has 19 heavy (non-hydrogen) atoms. The minimum atomic E-state index is -0.315. The van der Waals surface area contributed by atoms with Gasteiger partial charge >= 0.3 is 0 Å². The molecule has 0 saturated heterocycles. The van der Waals surface area contributed by atoms with Gasteiger partial charge in [0.2, 0.25) is 0 Å². The van der Waals surface area contributed by atoms with Crippen molar-refractivity contribution < 1.29 is 9.18 Å². The van der Waals surface area contributed by atoms with Crippen LogP contribution in [0.1, 0.15) is 14.5 Å². The van der Waals surface area contributed by atoms with E-state index in [4.69, 9.17) is 5.84 Å². The lowest BCUT2D eigenvalue weighted by Crippen LogP contribution is -2.29. The van der Waals surface area contributed by atoms with E-state index in [9.17, 15) is 9.18 Å². The summed E-state index contributed by atoms with van der Waals surface area (Å²) in [6.07, 6.45) is 0. The van der Waals surface area contributed by atoms with E-state index < -0.39 is 0 Å². The zero-order valence-corrected chi connectivity index (χ0v) is 11.2. The van der Waals surface area contributed by atoms with Gasteiger partial charge in [0.1, 0.15) is 5.82 Å². The number of thiophene rings is 1. The van der Waals surface area contributed by atoms with Crippen molar-refractivity contribution in [3.8, 4) is 0 Å². The number of nitrogens with one attached hydrogen (secondary N) is 1. The Labute approximate surface area is 114 Å². The quantitative estimate of drug-likeness (QED) is 0.512. The Kier molecular flexibility index (Phi) is 4.13. The van der Waals surface area contributed by atoms with Crippen molar-refractivity contribution >= 4 is 22.9 Å². The summed E-state index contributed by atoms with van der Waals surface area (Å²) in [5.74, 6) is 4.50. The van der Waals surface area contributed by atoms with Crippen molar-refractivity contribution in [2.45, 2.75) is 6.54 Å². The molecule has 4 nitrogen and oxygen atoms in total. The fraction of sp³-hybridized carbons (Fsp3) is 0.154. The molecule has 100 valence electrons. The average Bonchev–Trinajstić information content (AvgIpc) is 2.86. The highest BCUT2D eigenvalue weighted by atomic mass is 32.1. The summed E-state index contributed by atoms with van der Waals surface area (Å²) in [6, 6.07) is 10.1. The molecule has 6 heteroatoms. The highest BCUT2D eigenvalue weighted by Gasteiger charge is 2.11. The van der Waals surface area contributed by atoms with Crippen LogP contribution < -0.4 is 16.2 Å². The van der Waals surface area contributed by atoms with Crippen molar-refractivity contribution in [3.05, 3.63) is 52.0 Å². The van der Waals surface area contributed by atoms with Gasteiger partial charge in [-0.2, -0.15) is 0 Å². The number of benzene rings is 1. The number of rotatable bonds is 4. The molecule has 0 atom stereocenters. The van der Waals surface area contributed by atoms with E-state index in [1.807, 2.05) is 6.07 Å². The largest absolute Gasteiger partial charge is 0.367 e. The van der Waals surface area contributed by atoms with Gasteiger partial charge in [0.15, 0.2) is 0 Å². The van der Waals surface area contributed by atoms with Gasteiger partial charge in [0.25, 0.3) is 5.91 Å². The maximum Gasteiger partial charge on any atom is 0.275 e. The molecule has 2 aromatic rings. The van der Waals surface area contributed by atoms with E-state index in [0.717, 1.165) is 4.88 Å². The first-order valence-corrected chi connectivity index (χ1v) is 6.49. The second kappa shape index (κ2) is 5.81. The molecule has 0 aliphatic heterocycles. The van der Waals surface area contributed by atoms with Gasteiger partial charge in [-0.25, -0.2) is 10.2 Å². The number of carbonyl (C=O) groups is 1. The summed E-state index contributed by atoms with van der Waals surface area (Å²) in [5, 5.41) is 0. The molecule has 2 rings (SSSR count). The summed E-state index contributed by atoms with van der Waals surface area (Å²) < 4.78 is 13.6. The van der Waals surface area contributed by atoms with Crippen LogP contribution >= 0.6 is 11.3 Å². The van der Waals surface area contributed by atoms with Crippen LogP contribution in [-0.4, -0.2) is 13.0 Å². The van der Waals surface area contributed by atoms with Crippen molar-refractivity contribution in [3.63, 3.8) is 0 Å². The SMILES string of the molecule is CN(Cc1ccc(C(=O)NN)s1)c1ccccc1F. The molecule has 0 unspecified atom stereocenters. The van der Waals surface area contributed by atoms with Crippen molar-refractivity contribution in [1.82, 2.24) is 5.43 Å². The van der Waals surface area contributed by atoms with Crippen molar-refractivity contribution in [1.29, 1.82) is 0 Å². The molecule has 0 radical (unpaired) electrons. The van der Waals surface area contributed by atoms with Crippen LogP contribution in [0.2, 0.25) is 0 Å². The second-order valence-corrected chi connectivity index (χ2v) is 5.22. The van der Waals surface area contributed by atoms with Gasteiger partial charge in [-0.15, -0.1) is 11.3 Å². The highest BCUT2D eigenvalue weighted by Crippen LogP contribution is 2.23. The number of hydrazine groups is 1. The predicted octanol–water partition coefficient (Wildman–Crippen LogP) is 2.13. The van der Waals surface area contributed by atoms with Gasteiger partial charge in [0, 0.05) is 11.9 Å². The molecule has 0 fully saturated rings. The number of halogens is 1. The number of para-hydroxylation sites is 1. The van der Waals surface area contributed by atoms with Gasteiger partial charge < -0.3 is 4.90 Å². The molecule has 3 N–H and O–H groups in total. The standard InChI is InChI=1S/C13H14FN3OS/c1-17(11-5-3-2-4-10(11)14)8-9-6-7-12(19-9)13(18)16-15/h2-7H,8,15H2,1H3,(H,16,18). The molecule has 0 spiro atoms. The first-order valence-electron chi connectivity index (χ1n) is 5.67. The molecule has 0 aliphatic carbocycles. The van der Waals surface area contributed by atoms with Gasteiger partial charge in [-0.3, -0.25) is 10.2 Å². The Morgan fingerprint density at radius 2 is 2.11 bits per heavy atom. The fourth-order valence-electron chi connectivity index (χ4n) is 1.74. The Hall–Kier alpha value is -1.92. The minimum Gasteiger partial charge on any atom is -0.367 e. The second-order valence-electron chi connectivity index (χ2n) is 4.05. The zero-order valence-electron chi connectivity index (χ0n) is 10.4. The van der Waals surface area contributed by atoms with Crippen LogP contribution in [0.5, 0.6) is 0 Å². The lowest BCUT2D eigenvalue weighted by Gasteiger charge is -2.18. The fourth-order valence-corrected chi connectivity index (χ4v) is 2.70.